The molecule has 0 bridgehead atoms. The van der Waals surface area contributed by atoms with E-state index in [4.69, 9.17) is 4.74 Å². The fourth-order valence-corrected chi connectivity index (χ4v) is 3.59. The van der Waals surface area contributed by atoms with Gasteiger partial charge in [0.2, 0.25) is 0 Å². The van der Waals surface area contributed by atoms with E-state index in [-0.39, 0.29) is 11.7 Å². The van der Waals surface area contributed by atoms with Gasteiger partial charge in [0.1, 0.15) is 11.4 Å². The van der Waals surface area contributed by atoms with E-state index in [1.165, 1.54) is 7.11 Å². The van der Waals surface area contributed by atoms with Crippen LogP contribution in [0.5, 0.6) is 5.75 Å². The molecular weight excluding hydrogens is 399 g/mol. The zero-order valence-electron chi connectivity index (χ0n) is 16.2. The highest BCUT2D eigenvalue weighted by molar-refractivity contribution is 6.06. The molecule has 7 nitrogen and oxygen atoms in total. The molecule has 1 aliphatic heterocycles. The van der Waals surface area contributed by atoms with Crippen LogP contribution in [0.4, 0.5) is 18.9 Å². The van der Waals surface area contributed by atoms with Gasteiger partial charge >= 0.3 is 6.18 Å². The van der Waals surface area contributed by atoms with Gasteiger partial charge in [0.15, 0.2) is 0 Å². The first-order valence-corrected chi connectivity index (χ1v) is 9.48. The molecule has 3 heterocycles. The van der Waals surface area contributed by atoms with Gasteiger partial charge in [-0.1, -0.05) is 0 Å². The summed E-state index contributed by atoms with van der Waals surface area (Å²) >= 11 is 0. The van der Waals surface area contributed by atoms with Gasteiger partial charge in [0.05, 0.1) is 29.9 Å². The fraction of sp³-hybridized carbons (Fsp3) is 0.350. The Bertz CT molecular complexity index is 1070. The number of amides is 1. The van der Waals surface area contributed by atoms with E-state index in [0.717, 1.165) is 49.6 Å². The molecule has 3 aromatic rings. The molecule has 1 saturated heterocycles. The second-order valence-electron chi connectivity index (χ2n) is 7.05. The predicted molar refractivity (Wildman–Crippen MR) is 105 cm³/mol. The molecule has 1 fully saturated rings. The lowest BCUT2D eigenvalue weighted by atomic mass is 10.1. The van der Waals surface area contributed by atoms with Gasteiger partial charge in [-0.3, -0.25) is 14.5 Å². The highest BCUT2D eigenvalue weighted by Crippen LogP contribution is 2.34. The molecule has 0 atom stereocenters. The molecule has 1 aromatic carbocycles. The van der Waals surface area contributed by atoms with Crippen molar-refractivity contribution in [3.8, 4) is 5.75 Å². The van der Waals surface area contributed by atoms with E-state index < -0.39 is 23.3 Å². The molecule has 30 heavy (non-hydrogen) atoms. The standard InChI is InChI=1S/C20H20F3N5O2/c1-30-17-10-15-12(11-28(27-15)13-4-7-24-8-5-13)9-16(17)26-19(29)18-14(20(21,22)23)3-2-6-25-18/h2-3,6,9-11,13,24H,4-5,7-8H2,1H3,(H,26,29). The molecule has 1 amide bonds. The zero-order valence-corrected chi connectivity index (χ0v) is 16.2. The second-order valence-corrected chi connectivity index (χ2v) is 7.05. The summed E-state index contributed by atoms with van der Waals surface area (Å²) in [5.41, 5.74) is -0.866. The summed E-state index contributed by atoms with van der Waals surface area (Å²) in [6.45, 7) is 1.83. The average molecular weight is 419 g/mol. The van der Waals surface area contributed by atoms with Crippen molar-refractivity contribution in [3.05, 3.63) is 47.9 Å². The third-order valence-electron chi connectivity index (χ3n) is 5.10. The van der Waals surface area contributed by atoms with Crippen molar-refractivity contribution in [1.82, 2.24) is 20.1 Å². The fourth-order valence-electron chi connectivity index (χ4n) is 3.59. The normalized spacial score (nSPS) is 15.3. The minimum Gasteiger partial charge on any atom is -0.494 e. The summed E-state index contributed by atoms with van der Waals surface area (Å²) in [5, 5.41) is 11.2. The third kappa shape index (κ3) is 3.95. The topological polar surface area (TPSA) is 81.1 Å². The van der Waals surface area contributed by atoms with Crippen LogP contribution in [0.2, 0.25) is 0 Å². The monoisotopic (exact) mass is 419 g/mol. The minimum atomic E-state index is -4.69. The van der Waals surface area contributed by atoms with Gasteiger partial charge in [-0.05, 0) is 44.1 Å². The summed E-state index contributed by atoms with van der Waals surface area (Å²) in [6.07, 6.45) is 0.240. The summed E-state index contributed by atoms with van der Waals surface area (Å²) in [4.78, 5) is 16.2. The van der Waals surface area contributed by atoms with Gasteiger partial charge in [-0.2, -0.15) is 18.3 Å². The molecule has 0 unspecified atom stereocenters. The maximum Gasteiger partial charge on any atom is 0.418 e. The van der Waals surface area contributed by atoms with Crippen LogP contribution in [0, 0.1) is 0 Å². The van der Waals surface area contributed by atoms with Gasteiger partial charge in [0.25, 0.3) is 5.91 Å². The van der Waals surface area contributed by atoms with Crippen LogP contribution in [0.25, 0.3) is 10.9 Å². The first kappa shape index (κ1) is 20.1. The molecule has 0 spiro atoms. The van der Waals surface area contributed by atoms with E-state index in [9.17, 15) is 18.0 Å². The molecule has 1 aliphatic rings. The number of rotatable bonds is 4. The van der Waals surface area contributed by atoms with Crippen LogP contribution in [-0.2, 0) is 6.18 Å². The van der Waals surface area contributed by atoms with Crippen molar-refractivity contribution >= 4 is 22.5 Å². The number of aromatic nitrogens is 3. The largest absolute Gasteiger partial charge is 0.494 e. The number of fused-ring (bicyclic) bond motifs is 1. The van der Waals surface area contributed by atoms with Gasteiger partial charge in [-0.25, -0.2) is 0 Å². The SMILES string of the molecule is COc1cc2nn(C3CCNCC3)cc2cc1NC(=O)c1ncccc1C(F)(F)F. The van der Waals surface area contributed by atoms with Gasteiger partial charge in [-0.15, -0.1) is 0 Å². The molecule has 2 N–H and O–H groups in total. The number of piperidine rings is 1. The third-order valence-corrected chi connectivity index (χ3v) is 5.10. The molecule has 0 aliphatic carbocycles. The number of pyridine rings is 1. The predicted octanol–water partition coefficient (Wildman–Crippen LogP) is 3.64. The molecule has 158 valence electrons. The number of carbonyl (C=O) groups excluding carboxylic acids is 1. The summed E-state index contributed by atoms with van der Waals surface area (Å²) in [7, 11) is 1.42. The van der Waals surface area contributed by atoms with Gasteiger partial charge < -0.3 is 15.4 Å². The van der Waals surface area contributed by atoms with Crippen molar-refractivity contribution in [2.75, 3.05) is 25.5 Å². The van der Waals surface area contributed by atoms with E-state index in [2.05, 4.69) is 20.7 Å². The Kier molecular flexibility index (Phi) is 5.33. The molecule has 4 rings (SSSR count). The Morgan fingerprint density at radius 2 is 2.07 bits per heavy atom. The number of hydrogen-bond donors (Lipinski definition) is 2. The lowest BCUT2D eigenvalue weighted by Crippen LogP contribution is -2.29. The first-order chi connectivity index (χ1) is 14.4. The number of halogens is 3. The van der Waals surface area contributed by atoms with E-state index in [1.54, 1.807) is 12.1 Å². The van der Waals surface area contributed by atoms with Crippen LogP contribution in [0.15, 0.2) is 36.7 Å². The molecular formula is C20H20F3N5O2. The first-order valence-electron chi connectivity index (χ1n) is 9.48. The number of benzene rings is 1. The molecule has 0 saturated carbocycles. The van der Waals surface area contributed by atoms with E-state index >= 15 is 0 Å². The number of hydrogen-bond acceptors (Lipinski definition) is 5. The Labute approximate surface area is 170 Å². The van der Waals surface area contributed by atoms with Gasteiger partial charge in [0, 0.05) is 23.8 Å². The zero-order chi connectivity index (χ0) is 21.3. The molecule has 2 aromatic heterocycles. The van der Waals surface area contributed by atoms with Crippen molar-refractivity contribution in [2.45, 2.75) is 25.1 Å². The minimum absolute atomic E-state index is 0.249. The van der Waals surface area contributed by atoms with Crippen molar-refractivity contribution in [3.63, 3.8) is 0 Å². The average Bonchev–Trinajstić information content (AvgIpc) is 3.16. The van der Waals surface area contributed by atoms with Crippen LogP contribution >= 0.6 is 0 Å². The Balaban J connectivity index is 1.66. The number of ether oxygens (including phenoxy) is 1. The van der Waals surface area contributed by atoms with E-state index in [1.807, 2.05) is 10.9 Å². The van der Waals surface area contributed by atoms with Crippen LogP contribution in [-0.4, -0.2) is 40.9 Å². The van der Waals surface area contributed by atoms with Crippen molar-refractivity contribution in [1.29, 1.82) is 0 Å². The van der Waals surface area contributed by atoms with Crippen molar-refractivity contribution < 1.29 is 22.7 Å². The van der Waals surface area contributed by atoms with Crippen LogP contribution in [0.1, 0.15) is 34.9 Å². The maximum absolute atomic E-state index is 13.2. The van der Waals surface area contributed by atoms with Crippen LogP contribution in [0.3, 0.4) is 0 Å². The highest BCUT2D eigenvalue weighted by Gasteiger charge is 2.36. The molecule has 0 radical (unpaired) electrons. The number of alkyl halides is 3. The number of nitrogens with zero attached hydrogens (tertiary/aromatic N) is 3. The summed E-state index contributed by atoms with van der Waals surface area (Å²) in [5.74, 6) is -0.665. The Morgan fingerprint density at radius 3 is 2.77 bits per heavy atom. The highest BCUT2D eigenvalue weighted by atomic mass is 19.4. The number of nitrogens with one attached hydrogen (secondary N) is 2. The van der Waals surface area contributed by atoms with Crippen LogP contribution < -0.4 is 15.4 Å². The quantitative estimate of drug-likeness (QED) is 0.675. The number of anilines is 1. The summed E-state index contributed by atoms with van der Waals surface area (Å²) < 4.78 is 46.9. The maximum atomic E-state index is 13.2. The number of carbonyl (C=O) groups is 1. The second kappa shape index (κ2) is 7.94. The van der Waals surface area contributed by atoms with E-state index in [0.29, 0.717) is 11.3 Å². The smallest absolute Gasteiger partial charge is 0.418 e. The summed E-state index contributed by atoms with van der Waals surface area (Å²) in [6, 6.07) is 5.54. The Morgan fingerprint density at radius 1 is 1.30 bits per heavy atom. The molecule has 10 heteroatoms. The lowest BCUT2D eigenvalue weighted by molar-refractivity contribution is -0.138. The lowest BCUT2D eigenvalue weighted by Gasteiger charge is -2.22. The number of methoxy groups -OCH3 is 1. The van der Waals surface area contributed by atoms with Crippen molar-refractivity contribution in [2.24, 2.45) is 0 Å². The Hall–Kier alpha value is -3.14.